The molecule has 0 unspecified atom stereocenters. The standard InChI is InChI=1S/C16H18ClN3O4/c1-8-12(7-18-13(8)16(21)23-3)24-15-14(17)19-10-5-4-9(22-2)6-11(10)20-15/h4-6,8,12-13,18H,7H2,1-3H3/t8-,12+,13+/m1/s1. The fourth-order valence-electron chi connectivity index (χ4n) is 2.75. The summed E-state index contributed by atoms with van der Waals surface area (Å²) in [6.45, 7) is 2.41. The average molecular weight is 352 g/mol. The van der Waals surface area contributed by atoms with Crippen LogP contribution < -0.4 is 14.8 Å². The SMILES string of the molecule is COC(=O)[C@H]1NC[C@H](Oc2nc3cc(OC)ccc3nc2Cl)[C@H]1C. The number of benzene rings is 1. The molecular formula is C16H18ClN3O4. The van der Waals surface area contributed by atoms with Crippen molar-refractivity contribution in [2.24, 2.45) is 5.92 Å². The highest BCUT2D eigenvalue weighted by molar-refractivity contribution is 6.31. The minimum absolute atomic E-state index is 0.0867. The number of hydrogen-bond donors (Lipinski definition) is 1. The molecule has 1 aliphatic rings. The Morgan fingerprint density at radius 1 is 1.29 bits per heavy atom. The molecule has 2 heterocycles. The normalized spacial score (nSPS) is 23.2. The number of esters is 1. The van der Waals surface area contributed by atoms with Gasteiger partial charge in [-0.3, -0.25) is 4.79 Å². The summed E-state index contributed by atoms with van der Waals surface area (Å²) in [4.78, 5) is 20.5. The van der Waals surface area contributed by atoms with E-state index in [0.29, 0.717) is 23.3 Å². The minimum Gasteiger partial charge on any atom is -0.497 e. The molecule has 1 saturated heterocycles. The summed E-state index contributed by atoms with van der Waals surface area (Å²) in [6, 6.07) is 4.92. The third-order valence-corrected chi connectivity index (χ3v) is 4.42. The van der Waals surface area contributed by atoms with Gasteiger partial charge in [-0.2, -0.15) is 0 Å². The van der Waals surface area contributed by atoms with E-state index in [0.717, 1.165) is 0 Å². The Bertz CT molecular complexity index is 770. The van der Waals surface area contributed by atoms with E-state index in [4.69, 9.17) is 25.8 Å². The maximum atomic E-state index is 11.7. The smallest absolute Gasteiger partial charge is 0.323 e. The maximum Gasteiger partial charge on any atom is 0.323 e. The molecule has 0 spiro atoms. The maximum absolute atomic E-state index is 11.7. The molecule has 8 heteroatoms. The summed E-state index contributed by atoms with van der Waals surface area (Å²) >= 11 is 6.19. The second kappa shape index (κ2) is 6.78. The van der Waals surface area contributed by atoms with Gasteiger partial charge in [0, 0.05) is 18.5 Å². The number of rotatable bonds is 4. The molecule has 3 atom stereocenters. The van der Waals surface area contributed by atoms with Crippen LogP contribution >= 0.6 is 11.6 Å². The Morgan fingerprint density at radius 3 is 2.79 bits per heavy atom. The van der Waals surface area contributed by atoms with Crippen LogP contribution in [0, 0.1) is 5.92 Å². The van der Waals surface area contributed by atoms with Crippen molar-refractivity contribution in [3.05, 3.63) is 23.4 Å². The third-order valence-electron chi connectivity index (χ3n) is 4.17. The molecule has 1 aromatic heterocycles. The van der Waals surface area contributed by atoms with Gasteiger partial charge < -0.3 is 19.5 Å². The first-order valence-electron chi connectivity index (χ1n) is 7.52. The van der Waals surface area contributed by atoms with Crippen LogP contribution in [-0.4, -0.2) is 48.8 Å². The lowest BCUT2D eigenvalue weighted by Gasteiger charge is -2.19. The molecule has 3 rings (SSSR count). The summed E-state index contributed by atoms with van der Waals surface area (Å²) in [6.07, 6.45) is -0.260. The molecule has 0 bridgehead atoms. The quantitative estimate of drug-likeness (QED) is 0.841. The Labute approximate surface area is 144 Å². The zero-order valence-corrected chi connectivity index (χ0v) is 14.3. The Balaban J connectivity index is 1.84. The molecule has 2 aromatic rings. The van der Waals surface area contributed by atoms with Crippen molar-refractivity contribution in [2.75, 3.05) is 20.8 Å². The monoisotopic (exact) mass is 351 g/mol. The van der Waals surface area contributed by atoms with Crippen molar-refractivity contribution >= 4 is 28.6 Å². The Hall–Kier alpha value is -2.12. The van der Waals surface area contributed by atoms with E-state index in [1.54, 1.807) is 25.3 Å². The first-order valence-corrected chi connectivity index (χ1v) is 7.90. The van der Waals surface area contributed by atoms with Crippen LogP contribution in [0.4, 0.5) is 0 Å². The highest BCUT2D eigenvalue weighted by atomic mass is 35.5. The van der Waals surface area contributed by atoms with E-state index in [2.05, 4.69) is 15.3 Å². The van der Waals surface area contributed by atoms with Gasteiger partial charge in [-0.05, 0) is 12.1 Å². The number of carbonyl (C=O) groups excluding carboxylic acids is 1. The molecule has 1 fully saturated rings. The number of nitrogens with zero attached hydrogens (tertiary/aromatic N) is 2. The number of nitrogens with one attached hydrogen (secondary N) is 1. The molecule has 24 heavy (non-hydrogen) atoms. The van der Waals surface area contributed by atoms with Crippen molar-refractivity contribution in [1.29, 1.82) is 0 Å². The largest absolute Gasteiger partial charge is 0.497 e. The fraction of sp³-hybridized carbons (Fsp3) is 0.438. The fourth-order valence-corrected chi connectivity index (χ4v) is 2.92. The first-order chi connectivity index (χ1) is 11.5. The molecule has 0 saturated carbocycles. The number of halogens is 1. The number of methoxy groups -OCH3 is 2. The van der Waals surface area contributed by atoms with Gasteiger partial charge in [0.1, 0.15) is 17.9 Å². The van der Waals surface area contributed by atoms with Crippen molar-refractivity contribution in [3.63, 3.8) is 0 Å². The number of hydrogen-bond acceptors (Lipinski definition) is 7. The van der Waals surface area contributed by atoms with Crippen molar-refractivity contribution < 1.29 is 19.0 Å². The summed E-state index contributed by atoms with van der Waals surface area (Å²) < 4.78 is 15.9. The summed E-state index contributed by atoms with van der Waals surface area (Å²) in [5.41, 5.74) is 1.27. The number of carbonyl (C=O) groups is 1. The first kappa shape index (κ1) is 16.7. The van der Waals surface area contributed by atoms with Gasteiger partial charge >= 0.3 is 5.97 Å². The third kappa shape index (κ3) is 3.09. The van der Waals surface area contributed by atoms with Crippen LogP contribution in [0.5, 0.6) is 11.6 Å². The molecule has 0 amide bonds. The van der Waals surface area contributed by atoms with Crippen molar-refractivity contribution in [3.8, 4) is 11.6 Å². The Kier molecular flexibility index (Phi) is 4.73. The lowest BCUT2D eigenvalue weighted by atomic mass is 10.0. The molecule has 128 valence electrons. The van der Waals surface area contributed by atoms with Crippen LogP contribution in [0.2, 0.25) is 5.15 Å². The minimum atomic E-state index is -0.410. The average Bonchev–Trinajstić information content (AvgIpc) is 2.95. The van der Waals surface area contributed by atoms with E-state index in [1.807, 2.05) is 6.92 Å². The van der Waals surface area contributed by atoms with Gasteiger partial charge in [-0.15, -0.1) is 0 Å². The van der Waals surface area contributed by atoms with Gasteiger partial charge in [-0.1, -0.05) is 18.5 Å². The second-order valence-corrected chi connectivity index (χ2v) is 5.96. The van der Waals surface area contributed by atoms with E-state index in [-0.39, 0.29) is 29.0 Å². The summed E-state index contributed by atoms with van der Waals surface area (Å²) in [5.74, 6) is 0.513. The molecule has 7 nitrogen and oxygen atoms in total. The van der Waals surface area contributed by atoms with Crippen LogP contribution in [0.1, 0.15) is 6.92 Å². The molecule has 1 aromatic carbocycles. The summed E-state index contributed by atoms with van der Waals surface area (Å²) in [5, 5.41) is 3.27. The molecule has 0 aliphatic carbocycles. The van der Waals surface area contributed by atoms with E-state index in [9.17, 15) is 4.79 Å². The lowest BCUT2D eigenvalue weighted by molar-refractivity contribution is -0.143. The predicted octanol–water partition coefficient (Wildman–Crippen LogP) is 1.82. The number of ether oxygens (including phenoxy) is 3. The van der Waals surface area contributed by atoms with Gasteiger partial charge in [0.2, 0.25) is 0 Å². The van der Waals surface area contributed by atoms with Crippen molar-refractivity contribution in [1.82, 2.24) is 15.3 Å². The van der Waals surface area contributed by atoms with Gasteiger partial charge in [-0.25, -0.2) is 9.97 Å². The van der Waals surface area contributed by atoms with E-state index in [1.165, 1.54) is 7.11 Å². The van der Waals surface area contributed by atoms with Gasteiger partial charge in [0.15, 0.2) is 5.15 Å². The van der Waals surface area contributed by atoms with Gasteiger partial charge in [0.25, 0.3) is 5.88 Å². The predicted molar refractivity (Wildman–Crippen MR) is 88.5 cm³/mol. The number of fused-ring (bicyclic) bond motifs is 1. The van der Waals surface area contributed by atoms with E-state index >= 15 is 0 Å². The molecule has 0 radical (unpaired) electrons. The highest BCUT2D eigenvalue weighted by Gasteiger charge is 2.39. The van der Waals surface area contributed by atoms with Crippen LogP contribution in [0.25, 0.3) is 11.0 Å². The molecule has 1 N–H and O–H groups in total. The second-order valence-electron chi connectivity index (χ2n) is 5.60. The van der Waals surface area contributed by atoms with Crippen molar-refractivity contribution in [2.45, 2.75) is 19.1 Å². The zero-order chi connectivity index (χ0) is 17.3. The van der Waals surface area contributed by atoms with Crippen LogP contribution in [-0.2, 0) is 9.53 Å². The molecular weight excluding hydrogens is 334 g/mol. The van der Waals surface area contributed by atoms with Crippen LogP contribution in [0.3, 0.4) is 0 Å². The van der Waals surface area contributed by atoms with Gasteiger partial charge in [0.05, 0.1) is 25.3 Å². The lowest BCUT2D eigenvalue weighted by Crippen LogP contribution is -2.36. The van der Waals surface area contributed by atoms with E-state index < -0.39 is 6.04 Å². The summed E-state index contributed by atoms with van der Waals surface area (Å²) in [7, 11) is 2.95. The Morgan fingerprint density at radius 2 is 2.08 bits per heavy atom. The topological polar surface area (TPSA) is 82.6 Å². The zero-order valence-electron chi connectivity index (χ0n) is 13.6. The highest BCUT2D eigenvalue weighted by Crippen LogP contribution is 2.29. The number of aromatic nitrogens is 2. The van der Waals surface area contributed by atoms with Crippen LogP contribution in [0.15, 0.2) is 18.2 Å². The molecule has 1 aliphatic heterocycles.